The number of halogens is 3. The summed E-state index contributed by atoms with van der Waals surface area (Å²) in [5, 5.41) is 0.0752. The number of hydrogen-bond acceptors (Lipinski definition) is 5. The molecule has 0 unspecified atom stereocenters. The molecule has 0 aliphatic heterocycles. The summed E-state index contributed by atoms with van der Waals surface area (Å²) < 4.78 is 56.4. The number of ether oxygens (including phenoxy) is 1. The van der Waals surface area contributed by atoms with E-state index in [4.69, 9.17) is 16.3 Å². The zero-order valence-corrected chi connectivity index (χ0v) is 13.1. The number of sulfonamides is 1. The van der Waals surface area contributed by atoms with Gasteiger partial charge in [0.1, 0.15) is 10.8 Å². The van der Waals surface area contributed by atoms with Gasteiger partial charge in [-0.2, -0.15) is 0 Å². The molecule has 1 N–H and O–H groups in total. The monoisotopic (exact) mass is 362 g/mol. The van der Waals surface area contributed by atoms with Crippen LogP contribution in [0.2, 0.25) is 5.02 Å². The molecule has 0 aliphatic rings. The molecule has 2 rings (SSSR count). The van der Waals surface area contributed by atoms with E-state index in [1.807, 2.05) is 0 Å². The van der Waals surface area contributed by atoms with E-state index in [2.05, 4.69) is 4.98 Å². The summed E-state index contributed by atoms with van der Waals surface area (Å²) >= 11 is 5.79. The average Bonchev–Trinajstić information content (AvgIpc) is 2.43. The number of pyridine rings is 1. The van der Waals surface area contributed by atoms with Crippen molar-refractivity contribution in [3.63, 3.8) is 0 Å². The Morgan fingerprint density at radius 1 is 1.30 bits per heavy atom. The fourth-order valence-electron chi connectivity index (χ4n) is 1.55. The second-order valence-electron chi connectivity index (χ2n) is 4.36. The fourth-order valence-corrected chi connectivity index (χ4v) is 2.16. The molecule has 0 atom stereocenters. The Labute approximate surface area is 135 Å². The van der Waals surface area contributed by atoms with Gasteiger partial charge in [0.2, 0.25) is 15.9 Å². The molecule has 2 aromatic rings. The third-order valence-electron chi connectivity index (χ3n) is 2.48. The maximum atomic E-state index is 13.9. The lowest BCUT2D eigenvalue weighted by Crippen LogP contribution is -2.30. The van der Waals surface area contributed by atoms with E-state index in [1.54, 1.807) is 0 Å². The van der Waals surface area contributed by atoms with Crippen molar-refractivity contribution in [2.45, 2.75) is 0 Å². The molecule has 0 aliphatic carbocycles. The molecule has 0 fully saturated rings. The summed E-state index contributed by atoms with van der Waals surface area (Å²) in [5.74, 6) is -4.27. The first-order valence-electron chi connectivity index (χ1n) is 5.97. The molecule has 1 heterocycles. The van der Waals surface area contributed by atoms with Crippen LogP contribution in [0.4, 0.5) is 8.78 Å². The number of amides is 1. The lowest BCUT2D eigenvalue weighted by atomic mass is 10.2. The minimum absolute atomic E-state index is 0.0752. The molecule has 6 nitrogen and oxygen atoms in total. The second-order valence-corrected chi connectivity index (χ2v) is 6.51. The number of carbonyl (C=O) groups is 1. The molecule has 0 saturated heterocycles. The van der Waals surface area contributed by atoms with Crippen molar-refractivity contribution in [1.29, 1.82) is 0 Å². The molecular formula is C13H9ClF2N2O4S. The number of nitrogens with zero attached hydrogens (tertiary/aromatic N) is 1. The van der Waals surface area contributed by atoms with Crippen LogP contribution in [0.25, 0.3) is 0 Å². The third-order valence-corrected chi connectivity index (χ3v) is 3.32. The second kappa shape index (κ2) is 6.47. The van der Waals surface area contributed by atoms with Gasteiger partial charge < -0.3 is 4.74 Å². The van der Waals surface area contributed by atoms with Gasteiger partial charge in [-0.1, -0.05) is 11.6 Å². The normalized spacial score (nSPS) is 11.1. The number of benzene rings is 1. The van der Waals surface area contributed by atoms with Crippen molar-refractivity contribution in [3.05, 3.63) is 52.7 Å². The molecule has 0 spiro atoms. The molecule has 23 heavy (non-hydrogen) atoms. The van der Waals surface area contributed by atoms with Gasteiger partial charge in [0.25, 0.3) is 5.91 Å². The van der Waals surface area contributed by atoms with Crippen LogP contribution in [-0.4, -0.2) is 25.6 Å². The van der Waals surface area contributed by atoms with Crippen molar-refractivity contribution < 1.29 is 26.7 Å². The van der Waals surface area contributed by atoms with Crippen LogP contribution < -0.4 is 9.46 Å². The first-order chi connectivity index (χ1) is 10.7. The zero-order chi connectivity index (χ0) is 17.2. The molecule has 1 aromatic heterocycles. The minimum atomic E-state index is -3.91. The summed E-state index contributed by atoms with van der Waals surface area (Å²) in [7, 11) is -3.91. The minimum Gasteiger partial charge on any atom is -0.434 e. The molecule has 122 valence electrons. The molecule has 0 saturated carbocycles. The van der Waals surface area contributed by atoms with Crippen LogP contribution in [0.1, 0.15) is 10.4 Å². The van der Waals surface area contributed by atoms with Crippen molar-refractivity contribution in [1.82, 2.24) is 9.71 Å². The van der Waals surface area contributed by atoms with Crippen LogP contribution in [0, 0.1) is 11.6 Å². The van der Waals surface area contributed by atoms with Crippen LogP contribution in [0.3, 0.4) is 0 Å². The highest BCUT2D eigenvalue weighted by molar-refractivity contribution is 7.89. The Kier molecular flexibility index (Phi) is 4.81. The van der Waals surface area contributed by atoms with E-state index in [1.165, 1.54) is 23.1 Å². The number of hydrogen-bond donors (Lipinski definition) is 1. The Balaban J connectivity index is 2.34. The number of nitrogens with one attached hydrogen (secondary N) is 1. The first kappa shape index (κ1) is 17.1. The predicted molar refractivity (Wildman–Crippen MR) is 78.0 cm³/mol. The largest absolute Gasteiger partial charge is 0.434 e. The fraction of sp³-hybridized carbons (Fsp3) is 0.0769. The first-order valence-corrected chi connectivity index (χ1v) is 8.24. The third kappa shape index (κ3) is 4.36. The number of carbonyl (C=O) groups excluding carboxylic acids is 1. The highest BCUT2D eigenvalue weighted by atomic mass is 35.5. The molecule has 1 aromatic carbocycles. The maximum Gasteiger partial charge on any atom is 0.267 e. The summed E-state index contributed by atoms with van der Waals surface area (Å²) in [6, 6.07) is 4.07. The highest BCUT2D eigenvalue weighted by Crippen LogP contribution is 2.30. The van der Waals surface area contributed by atoms with Crippen LogP contribution in [0.5, 0.6) is 11.6 Å². The average molecular weight is 363 g/mol. The summed E-state index contributed by atoms with van der Waals surface area (Å²) in [4.78, 5) is 15.3. The number of rotatable bonds is 4. The standard InChI is InChI=1S/C13H9ClF2N2O4S/c1-23(20,21)18-12(19)7-5-10(16)11(6-9(7)15)22-13-8(14)3-2-4-17-13/h2-6H,1H3,(H,18,19). The highest BCUT2D eigenvalue weighted by Gasteiger charge is 2.20. The zero-order valence-electron chi connectivity index (χ0n) is 11.5. The van der Waals surface area contributed by atoms with E-state index in [0.717, 1.165) is 0 Å². The van der Waals surface area contributed by atoms with Gasteiger partial charge in [-0.05, 0) is 18.2 Å². The predicted octanol–water partition coefficient (Wildman–Crippen LogP) is 2.49. The van der Waals surface area contributed by atoms with E-state index >= 15 is 0 Å². The van der Waals surface area contributed by atoms with Crippen LogP contribution in [-0.2, 0) is 10.0 Å². The van der Waals surface area contributed by atoms with E-state index in [-0.39, 0.29) is 10.9 Å². The molecular weight excluding hydrogens is 354 g/mol. The quantitative estimate of drug-likeness (QED) is 0.903. The van der Waals surface area contributed by atoms with Gasteiger partial charge >= 0.3 is 0 Å². The van der Waals surface area contributed by atoms with Gasteiger partial charge in [-0.15, -0.1) is 0 Å². The Bertz CT molecular complexity index is 874. The van der Waals surface area contributed by atoms with Gasteiger partial charge in [-0.25, -0.2) is 26.9 Å². The smallest absolute Gasteiger partial charge is 0.267 e. The Morgan fingerprint density at radius 3 is 2.61 bits per heavy atom. The van der Waals surface area contributed by atoms with E-state index < -0.39 is 38.9 Å². The van der Waals surface area contributed by atoms with Gasteiger partial charge in [0.15, 0.2) is 11.6 Å². The maximum absolute atomic E-state index is 13.9. The van der Waals surface area contributed by atoms with Gasteiger partial charge in [-0.3, -0.25) is 4.79 Å². The van der Waals surface area contributed by atoms with Crippen molar-refractivity contribution in [2.75, 3.05) is 6.26 Å². The van der Waals surface area contributed by atoms with Crippen molar-refractivity contribution in [2.24, 2.45) is 0 Å². The van der Waals surface area contributed by atoms with Crippen LogP contribution in [0.15, 0.2) is 30.5 Å². The van der Waals surface area contributed by atoms with Crippen molar-refractivity contribution in [3.8, 4) is 11.6 Å². The van der Waals surface area contributed by atoms with Gasteiger partial charge in [0.05, 0.1) is 11.8 Å². The van der Waals surface area contributed by atoms with Gasteiger partial charge in [0, 0.05) is 12.3 Å². The topological polar surface area (TPSA) is 85.4 Å². The Morgan fingerprint density at radius 2 is 2.00 bits per heavy atom. The SMILES string of the molecule is CS(=O)(=O)NC(=O)c1cc(F)c(Oc2ncccc2Cl)cc1F. The Hall–Kier alpha value is -2.26. The lowest BCUT2D eigenvalue weighted by molar-refractivity contribution is 0.0977. The summed E-state index contributed by atoms with van der Waals surface area (Å²) in [6.45, 7) is 0. The van der Waals surface area contributed by atoms with Crippen LogP contribution >= 0.6 is 11.6 Å². The van der Waals surface area contributed by atoms with Crippen molar-refractivity contribution >= 4 is 27.5 Å². The van der Waals surface area contributed by atoms with E-state index in [0.29, 0.717) is 18.4 Å². The summed E-state index contributed by atoms with van der Waals surface area (Å²) in [6.07, 6.45) is 2.04. The molecule has 0 radical (unpaired) electrons. The summed E-state index contributed by atoms with van der Waals surface area (Å²) in [5.41, 5.74) is -0.785. The number of aromatic nitrogens is 1. The molecule has 10 heteroatoms. The van der Waals surface area contributed by atoms with E-state index in [9.17, 15) is 22.0 Å². The molecule has 0 bridgehead atoms. The lowest BCUT2D eigenvalue weighted by Gasteiger charge is -2.09. The molecule has 1 amide bonds.